The lowest BCUT2D eigenvalue weighted by Gasteiger charge is -2.29. The van der Waals surface area contributed by atoms with Crippen LogP contribution in [0.15, 0.2) is 0 Å². The van der Waals surface area contributed by atoms with E-state index < -0.39 is 5.41 Å². The van der Waals surface area contributed by atoms with Gasteiger partial charge in [0, 0.05) is 13.2 Å². The summed E-state index contributed by atoms with van der Waals surface area (Å²) in [6, 6.07) is 0. The maximum atomic E-state index is 5.43. The zero-order chi connectivity index (χ0) is 9.45. The smallest absolute Gasteiger partial charge is 0.144 e. The van der Waals surface area contributed by atoms with Crippen molar-refractivity contribution in [3.63, 3.8) is 0 Å². The van der Waals surface area contributed by atoms with E-state index in [1.54, 1.807) is 0 Å². The van der Waals surface area contributed by atoms with E-state index in [0.717, 1.165) is 18.6 Å². The summed E-state index contributed by atoms with van der Waals surface area (Å²) in [4.78, 5) is 0. The third-order valence-corrected chi connectivity index (χ3v) is 2.27. The lowest BCUT2D eigenvalue weighted by molar-refractivity contribution is -0.176. The summed E-state index contributed by atoms with van der Waals surface area (Å²) >= 11 is 4.14. The van der Waals surface area contributed by atoms with Gasteiger partial charge in [0.1, 0.15) is 15.7 Å². The Labute approximate surface area is 83.8 Å². The average Bonchev–Trinajstić information content (AvgIpc) is 2.02. The Kier molecular flexibility index (Phi) is 7.23. The molecule has 2 nitrogen and oxygen atoms in total. The summed E-state index contributed by atoms with van der Waals surface area (Å²) in [6.07, 6.45) is 1.81. The first-order valence-corrected chi connectivity index (χ1v) is 5.45. The Balaban J connectivity index is 3.80. The predicted octanol–water partition coefficient (Wildman–Crippen LogP) is 1.59. The Morgan fingerprint density at radius 1 is 1.25 bits per heavy atom. The van der Waals surface area contributed by atoms with E-state index >= 15 is 0 Å². The third kappa shape index (κ3) is 5.19. The molecule has 71 valence electrons. The van der Waals surface area contributed by atoms with Crippen LogP contribution >= 0.6 is 12.6 Å². The SMILES string of the molecule is CCOC([Si])(CCCS)OCC. The van der Waals surface area contributed by atoms with Crippen molar-refractivity contribution in [1.29, 1.82) is 0 Å². The zero-order valence-electron chi connectivity index (χ0n) is 7.80. The van der Waals surface area contributed by atoms with E-state index in [9.17, 15) is 0 Å². The minimum absolute atomic E-state index is 0.591. The van der Waals surface area contributed by atoms with Gasteiger partial charge in [-0.25, -0.2) is 0 Å². The second kappa shape index (κ2) is 6.94. The van der Waals surface area contributed by atoms with Crippen molar-refractivity contribution in [2.45, 2.75) is 32.1 Å². The molecule has 0 fully saturated rings. The van der Waals surface area contributed by atoms with Gasteiger partial charge in [-0.15, -0.1) is 0 Å². The summed E-state index contributed by atoms with van der Waals surface area (Å²) in [5.74, 6) is 0.854. The largest absolute Gasteiger partial charge is 0.355 e. The van der Waals surface area contributed by atoms with Crippen molar-refractivity contribution in [1.82, 2.24) is 0 Å². The number of hydrogen-bond donors (Lipinski definition) is 1. The fourth-order valence-electron chi connectivity index (χ4n) is 0.964. The second-order valence-electron chi connectivity index (χ2n) is 2.45. The van der Waals surface area contributed by atoms with Crippen molar-refractivity contribution in [3.8, 4) is 0 Å². The number of thiol groups is 1. The topological polar surface area (TPSA) is 18.5 Å². The Morgan fingerprint density at radius 2 is 1.75 bits per heavy atom. The Bertz CT molecular complexity index is 105. The molecule has 0 aromatic carbocycles. The van der Waals surface area contributed by atoms with Gasteiger partial charge in [-0.05, 0) is 32.4 Å². The maximum Gasteiger partial charge on any atom is 0.144 e. The molecule has 0 amide bonds. The van der Waals surface area contributed by atoms with Crippen LogP contribution in [-0.2, 0) is 9.47 Å². The van der Waals surface area contributed by atoms with Crippen molar-refractivity contribution >= 4 is 22.9 Å². The molecular formula is C8H17O2SSi. The molecule has 0 N–H and O–H groups in total. The minimum Gasteiger partial charge on any atom is -0.355 e. The molecule has 0 unspecified atom stereocenters. The molecule has 0 saturated carbocycles. The summed E-state index contributed by atoms with van der Waals surface area (Å²) in [5, 5.41) is 0. The first-order chi connectivity index (χ1) is 5.68. The van der Waals surface area contributed by atoms with Gasteiger partial charge in [-0.2, -0.15) is 12.6 Å². The average molecular weight is 205 g/mol. The van der Waals surface area contributed by atoms with E-state index in [2.05, 4.69) is 22.9 Å². The van der Waals surface area contributed by atoms with Gasteiger partial charge in [0.05, 0.1) is 0 Å². The molecule has 0 rings (SSSR count). The van der Waals surface area contributed by atoms with E-state index in [0.29, 0.717) is 13.2 Å². The zero-order valence-corrected chi connectivity index (χ0v) is 9.69. The molecule has 0 aromatic heterocycles. The van der Waals surface area contributed by atoms with Crippen LogP contribution in [0.5, 0.6) is 0 Å². The first kappa shape index (κ1) is 12.5. The van der Waals surface area contributed by atoms with Crippen LogP contribution in [-0.4, -0.2) is 34.6 Å². The highest BCUT2D eigenvalue weighted by Crippen LogP contribution is 2.16. The normalized spacial score (nSPS) is 12.0. The monoisotopic (exact) mass is 205 g/mol. The molecule has 0 saturated heterocycles. The van der Waals surface area contributed by atoms with Crippen LogP contribution in [0.1, 0.15) is 26.7 Å². The molecule has 3 radical (unpaired) electrons. The van der Waals surface area contributed by atoms with Crippen LogP contribution in [0, 0.1) is 0 Å². The van der Waals surface area contributed by atoms with Gasteiger partial charge >= 0.3 is 0 Å². The highest BCUT2D eigenvalue weighted by Gasteiger charge is 2.23. The molecule has 0 aliphatic carbocycles. The molecule has 0 aliphatic rings. The predicted molar refractivity (Wildman–Crippen MR) is 54.8 cm³/mol. The van der Waals surface area contributed by atoms with Crippen LogP contribution in [0.4, 0.5) is 0 Å². The van der Waals surface area contributed by atoms with Gasteiger partial charge < -0.3 is 9.47 Å². The highest BCUT2D eigenvalue weighted by atomic mass is 32.1. The molecule has 0 atom stereocenters. The van der Waals surface area contributed by atoms with Crippen LogP contribution < -0.4 is 0 Å². The van der Waals surface area contributed by atoms with Gasteiger partial charge in [-0.3, -0.25) is 0 Å². The van der Waals surface area contributed by atoms with Crippen molar-refractivity contribution in [2.75, 3.05) is 19.0 Å². The lowest BCUT2D eigenvalue weighted by atomic mass is 10.3. The van der Waals surface area contributed by atoms with E-state index in [-0.39, 0.29) is 0 Å². The highest BCUT2D eigenvalue weighted by molar-refractivity contribution is 7.80. The lowest BCUT2D eigenvalue weighted by Crippen LogP contribution is -2.36. The quantitative estimate of drug-likeness (QED) is 0.386. The van der Waals surface area contributed by atoms with Crippen LogP contribution in [0.25, 0.3) is 0 Å². The fraction of sp³-hybridized carbons (Fsp3) is 1.00. The standard InChI is InChI=1S/C8H17O2SSi/c1-3-9-8(12,10-4-2)6-5-7-11/h11H,3-7H2,1-2H3. The van der Waals surface area contributed by atoms with Crippen molar-refractivity contribution < 1.29 is 9.47 Å². The van der Waals surface area contributed by atoms with E-state index in [1.807, 2.05) is 13.8 Å². The van der Waals surface area contributed by atoms with Crippen LogP contribution in [0.2, 0.25) is 0 Å². The molecule has 0 heterocycles. The molecule has 0 spiro atoms. The third-order valence-electron chi connectivity index (χ3n) is 1.42. The minimum atomic E-state index is -0.591. The molecule has 0 aliphatic heterocycles. The molecule has 4 heteroatoms. The number of ether oxygens (including phenoxy) is 2. The molecule has 12 heavy (non-hydrogen) atoms. The second-order valence-corrected chi connectivity index (χ2v) is 3.66. The summed E-state index contributed by atoms with van der Waals surface area (Å²) in [6.45, 7) is 5.20. The van der Waals surface area contributed by atoms with Crippen molar-refractivity contribution in [2.24, 2.45) is 0 Å². The Morgan fingerprint density at radius 3 is 2.08 bits per heavy atom. The van der Waals surface area contributed by atoms with Crippen LogP contribution in [0.3, 0.4) is 0 Å². The molecule has 0 bridgehead atoms. The van der Waals surface area contributed by atoms with Gasteiger partial charge in [-0.1, -0.05) is 0 Å². The Hall–Kier alpha value is 0.487. The van der Waals surface area contributed by atoms with E-state index in [4.69, 9.17) is 9.47 Å². The summed E-state index contributed by atoms with van der Waals surface area (Å²) in [7, 11) is 3.48. The molecular weight excluding hydrogens is 188 g/mol. The summed E-state index contributed by atoms with van der Waals surface area (Å²) in [5.41, 5.74) is -0.591. The fourth-order valence-corrected chi connectivity index (χ4v) is 1.59. The molecule has 0 aromatic rings. The van der Waals surface area contributed by atoms with Gasteiger partial charge in [0.2, 0.25) is 0 Å². The van der Waals surface area contributed by atoms with Gasteiger partial charge in [0.15, 0.2) is 0 Å². The van der Waals surface area contributed by atoms with E-state index in [1.165, 1.54) is 0 Å². The number of hydrogen-bond acceptors (Lipinski definition) is 3. The first-order valence-electron chi connectivity index (χ1n) is 4.32. The summed E-state index contributed by atoms with van der Waals surface area (Å²) < 4.78 is 10.9. The van der Waals surface area contributed by atoms with Crippen molar-refractivity contribution in [3.05, 3.63) is 0 Å². The maximum absolute atomic E-state index is 5.43. The number of rotatable bonds is 7. The van der Waals surface area contributed by atoms with Gasteiger partial charge in [0.25, 0.3) is 0 Å².